The predicted molar refractivity (Wildman–Crippen MR) is 112 cm³/mol. The van der Waals surface area contributed by atoms with Crippen molar-refractivity contribution in [1.82, 2.24) is 20.4 Å². The number of piperidine rings is 1. The number of likely N-dealkylation sites (tertiary alicyclic amines) is 1. The van der Waals surface area contributed by atoms with Crippen LogP contribution < -0.4 is 10.6 Å². The van der Waals surface area contributed by atoms with Crippen molar-refractivity contribution in [1.29, 1.82) is 0 Å². The molecule has 6 nitrogen and oxygen atoms in total. The summed E-state index contributed by atoms with van der Waals surface area (Å²) < 4.78 is 0. The molecular formula is C21H35N5O. The number of carbonyl (C=O) groups excluding carboxylic acids is 1. The number of hydrogen-bond acceptors (Lipinski definition) is 3. The summed E-state index contributed by atoms with van der Waals surface area (Å²) in [5.74, 6) is 1.71. The first kappa shape index (κ1) is 21.2. The smallest absolute Gasteiger partial charge is 0.253 e. The number of benzene rings is 1. The number of guanidine groups is 1. The van der Waals surface area contributed by atoms with Crippen LogP contribution in [-0.2, 0) is 6.42 Å². The molecule has 1 aliphatic heterocycles. The summed E-state index contributed by atoms with van der Waals surface area (Å²) in [4.78, 5) is 20.4. The lowest BCUT2D eigenvalue weighted by Crippen LogP contribution is -2.39. The Morgan fingerprint density at radius 2 is 1.93 bits per heavy atom. The second-order valence-corrected chi connectivity index (χ2v) is 7.61. The van der Waals surface area contributed by atoms with Crippen molar-refractivity contribution in [2.24, 2.45) is 10.9 Å². The van der Waals surface area contributed by atoms with Crippen LogP contribution in [0.15, 0.2) is 29.3 Å². The molecule has 2 rings (SSSR count). The fraction of sp³-hybridized carbons (Fsp3) is 0.619. The van der Waals surface area contributed by atoms with Crippen molar-refractivity contribution >= 4 is 11.9 Å². The zero-order valence-corrected chi connectivity index (χ0v) is 17.3. The first-order chi connectivity index (χ1) is 13.0. The van der Waals surface area contributed by atoms with E-state index in [2.05, 4.69) is 33.6 Å². The van der Waals surface area contributed by atoms with Crippen molar-refractivity contribution in [3.63, 3.8) is 0 Å². The first-order valence-electron chi connectivity index (χ1n) is 9.93. The summed E-state index contributed by atoms with van der Waals surface area (Å²) in [5.41, 5.74) is 1.88. The first-order valence-corrected chi connectivity index (χ1v) is 9.93. The molecule has 0 aromatic heterocycles. The molecule has 0 spiro atoms. The zero-order valence-electron chi connectivity index (χ0n) is 17.3. The number of nitrogens with zero attached hydrogens (tertiary/aromatic N) is 3. The minimum Gasteiger partial charge on any atom is -0.356 e. The molecule has 0 radical (unpaired) electrons. The molecule has 0 saturated carbocycles. The molecule has 1 aromatic carbocycles. The van der Waals surface area contributed by atoms with Crippen LogP contribution in [0, 0.1) is 5.92 Å². The average molecular weight is 374 g/mol. The van der Waals surface area contributed by atoms with Gasteiger partial charge in [-0.15, -0.1) is 0 Å². The van der Waals surface area contributed by atoms with Gasteiger partial charge in [0.05, 0.1) is 0 Å². The Labute approximate surface area is 164 Å². The Bertz CT molecular complexity index is 621. The summed E-state index contributed by atoms with van der Waals surface area (Å²) in [6.45, 7) is 4.18. The molecule has 1 heterocycles. The topological polar surface area (TPSA) is 60.0 Å². The maximum absolute atomic E-state index is 12.1. The van der Waals surface area contributed by atoms with Crippen LogP contribution in [0.2, 0.25) is 0 Å². The lowest BCUT2D eigenvalue weighted by Gasteiger charge is -2.29. The summed E-state index contributed by atoms with van der Waals surface area (Å²) in [6.07, 6.45) is 4.64. The second-order valence-electron chi connectivity index (χ2n) is 7.61. The monoisotopic (exact) mass is 373 g/mol. The van der Waals surface area contributed by atoms with Gasteiger partial charge in [0.2, 0.25) is 0 Å². The van der Waals surface area contributed by atoms with Crippen molar-refractivity contribution in [3.8, 4) is 0 Å². The fourth-order valence-electron chi connectivity index (χ4n) is 3.41. The Hall–Kier alpha value is -2.08. The van der Waals surface area contributed by atoms with Gasteiger partial charge in [-0.25, -0.2) is 0 Å². The molecule has 1 aliphatic rings. The van der Waals surface area contributed by atoms with Gasteiger partial charge in [-0.3, -0.25) is 9.79 Å². The van der Waals surface area contributed by atoms with Crippen molar-refractivity contribution < 1.29 is 4.79 Å². The molecule has 1 fully saturated rings. The highest BCUT2D eigenvalue weighted by atomic mass is 16.2. The quantitative estimate of drug-likeness (QED) is 0.565. The Morgan fingerprint density at radius 1 is 1.22 bits per heavy atom. The Morgan fingerprint density at radius 3 is 2.59 bits per heavy atom. The van der Waals surface area contributed by atoms with Crippen LogP contribution in [0.5, 0.6) is 0 Å². The second kappa shape index (κ2) is 10.9. The predicted octanol–water partition coefficient (Wildman–Crippen LogP) is 1.83. The van der Waals surface area contributed by atoms with Crippen LogP contribution in [0.1, 0.15) is 35.2 Å². The third-order valence-electron chi connectivity index (χ3n) is 5.19. The van der Waals surface area contributed by atoms with Crippen molar-refractivity contribution in [3.05, 3.63) is 35.4 Å². The molecule has 2 N–H and O–H groups in total. The number of aliphatic imine (C=N–C) groups is 1. The molecule has 1 saturated heterocycles. The van der Waals surface area contributed by atoms with Crippen LogP contribution in [0.4, 0.5) is 0 Å². The van der Waals surface area contributed by atoms with Crippen LogP contribution in [0.25, 0.3) is 0 Å². The summed E-state index contributed by atoms with van der Waals surface area (Å²) >= 11 is 0. The van der Waals surface area contributed by atoms with Crippen molar-refractivity contribution in [2.45, 2.75) is 25.7 Å². The highest BCUT2D eigenvalue weighted by Gasteiger charge is 2.16. The normalized spacial score (nSPS) is 16.2. The molecule has 27 heavy (non-hydrogen) atoms. The zero-order chi connectivity index (χ0) is 19.6. The van der Waals surface area contributed by atoms with Crippen LogP contribution >= 0.6 is 0 Å². The standard InChI is InChI=1S/C21H35N5O/c1-22-21(23-12-8-17-10-14-26(4)15-11-17)24-13-9-18-6-5-7-19(16-18)20(27)25(2)3/h5-7,16-17H,8-15H2,1-4H3,(H2,22,23,24). The molecule has 1 aromatic rings. The Balaban J connectivity index is 1.70. The van der Waals surface area contributed by atoms with Gasteiger partial charge < -0.3 is 20.4 Å². The SMILES string of the molecule is CN=C(NCCc1cccc(C(=O)N(C)C)c1)NCCC1CCN(C)CC1. The average Bonchev–Trinajstić information content (AvgIpc) is 2.67. The molecule has 0 bridgehead atoms. The van der Waals surface area contributed by atoms with Crippen LogP contribution in [0.3, 0.4) is 0 Å². The van der Waals surface area contributed by atoms with Gasteiger partial charge in [0.1, 0.15) is 0 Å². The third kappa shape index (κ3) is 7.21. The maximum Gasteiger partial charge on any atom is 0.253 e. The van der Waals surface area contributed by atoms with E-state index in [-0.39, 0.29) is 5.91 Å². The highest BCUT2D eigenvalue weighted by molar-refractivity contribution is 5.94. The number of rotatable bonds is 7. The lowest BCUT2D eigenvalue weighted by atomic mass is 9.94. The molecular weight excluding hydrogens is 338 g/mol. The molecule has 1 amide bonds. The van der Waals surface area contributed by atoms with Gasteiger partial charge in [0.15, 0.2) is 5.96 Å². The van der Waals surface area contributed by atoms with E-state index >= 15 is 0 Å². The summed E-state index contributed by atoms with van der Waals surface area (Å²) in [5, 5.41) is 6.79. The minimum atomic E-state index is 0.0381. The molecule has 150 valence electrons. The number of amides is 1. The van der Waals surface area contributed by atoms with E-state index < -0.39 is 0 Å². The van der Waals surface area contributed by atoms with Gasteiger partial charge in [-0.05, 0) is 69.4 Å². The number of nitrogens with one attached hydrogen (secondary N) is 2. The van der Waals surface area contributed by atoms with E-state index in [0.29, 0.717) is 0 Å². The van der Waals surface area contributed by atoms with Gasteiger partial charge in [0, 0.05) is 39.8 Å². The van der Waals surface area contributed by atoms with Gasteiger partial charge in [-0.1, -0.05) is 12.1 Å². The van der Waals surface area contributed by atoms with E-state index in [9.17, 15) is 4.79 Å². The fourth-order valence-corrected chi connectivity index (χ4v) is 3.41. The minimum absolute atomic E-state index is 0.0381. The summed E-state index contributed by atoms with van der Waals surface area (Å²) in [7, 11) is 7.56. The number of hydrogen-bond donors (Lipinski definition) is 2. The van der Waals surface area contributed by atoms with E-state index in [1.165, 1.54) is 32.4 Å². The van der Waals surface area contributed by atoms with Crippen LogP contribution in [-0.4, -0.2) is 76.0 Å². The van der Waals surface area contributed by atoms with E-state index in [1.54, 1.807) is 26.0 Å². The molecule has 6 heteroatoms. The number of carbonyl (C=O) groups is 1. The highest BCUT2D eigenvalue weighted by Crippen LogP contribution is 2.18. The molecule has 0 unspecified atom stereocenters. The summed E-state index contributed by atoms with van der Waals surface area (Å²) in [6, 6.07) is 7.84. The van der Waals surface area contributed by atoms with Crippen molar-refractivity contribution in [2.75, 3.05) is 54.4 Å². The van der Waals surface area contributed by atoms with E-state index in [1.807, 2.05) is 18.2 Å². The van der Waals surface area contributed by atoms with E-state index in [4.69, 9.17) is 0 Å². The lowest BCUT2D eigenvalue weighted by molar-refractivity contribution is 0.0827. The molecule has 0 aliphatic carbocycles. The molecule has 0 atom stereocenters. The maximum atomic E-state index is 12.1. The largest absolute Gasteiger partial charge is 0.356 e. The van der Waals surface area contributed by atoms with E-state index in [0.717, 1.165) is 42.5 Å². The third-order valence-corrected chi connectivity index (χ3v) is 5.19. The van der Waals surface area contributed by atoms with Gasteiger partial charge >= 0.3 is 0 Å². The van der Waals surface area contributed by atoms with Gasteiger partial charge in [-0.2, -0.15) is 0 Å². The van der Waals surface area contributed by atoms with Gasteiger partial charge in [0.25, 0.3) is 5.91 Å². The Kier molecular flexibility index (Phi) is 8.58.